The Hall–Kier alpha value is -3.31. The molecular weight excluding hydrogens is 342 g/mol. The maximum Gasteiger partial charge on any atom is 0.255 e. The summed E-state index contributed by atoms with van der Waals surface area (Å²) >= 11 is 1.55. The first kappa shape index (κ1) is 16.2. The molecule has 0 fully saturated rings. The van der Waals surface area contributed by atoms with Crippen molar-refractivity contribution < 1.29 is 4.79 Å². The molecule has 0 aliphatic heterocycles. The molecule has 1 amide bonds. The fourth-order valence-electron chi connectivity index (χ4n) is 2.56. The van der Waals surface area contributed by atoms with Crippen molar-refractivity contribution in [2.45, 2.75) is 0 Å². The molecule has 4 rings (SSSR count). The van der Waals surface area contributed by atoms with E-state index in [0.29, 0.717) is 5.56 Å². The van der Waals surface area contributed by atoms with Crippen LogP contribution in [0.3, 0.4) is 0 Å². The summed E-state index contributed by atoms with van der Waals surface area (Å²) < 4.78 is 0. The van der Waals surface area contributed by atoms with E-state index in [-0.39, 0.29) is 5.91 Å². The lowest BCUT2D eigenvalue weighted by Crippen LogP contribution is -2.11. The molecule has 0 aliphatic rings. The van der Waals surface area contributed by atoms with Gasteiger partial charge in [-0.3, -0.25) is 9.78 Å². The van der Waals surface area contributed by atoms with Crippen molar-refractivity contribution in [2.75, 3.05) is 5.32 Å². The third-order valence-corrected chi connectivity index (χ3v) is 4.71. The van der Waals surface area contributed by atoms with E-state index < -0.39 is 0 Å². The lowest BCUT2D eigenvalue weighted by Gasteiger charge is -2.06. The summed E-state index contributed by atoms with van der Waals surface area (Å²) in [5.74, 6) is -0.129. The molecule has 0 bridgehead atoms. The number of carbonyl (C=O) groups is 1. The van der Waals surface area contributed by atoms with Gasteiger partial charge in [0.2, 0.25) is 0 Å². The van der Waals surface area contributed by atoms with Crippen LogP contribution < -0.4 is 5.32 Å². The summed E-state index contributed by atoms with van der Waals surface area (Å²) in [6.45, 7) is 0. The number of hydrogen-bond acceptors (Lipinski definition) is 4. The SMILES string of the molecule is O=C(Nc1cccc(-c2csc(-c3ccccn3)n2)c1)c1ccccc1. The normalized spacial score (nSPS) is 10.5. The van der Waals surface area contributed by atoms with Crippen molar-refractivity contribution in [3.63, 3.8) is 0 Å². The first-order valence-electron chi connectivity index (χ1n) is 8.13. The lowest BCUT2D eigenvalue weighted by atomic mass is 10.1. The molecule has 0 saturated heterocycles. The van der Waals surface area contributed by atoms with Crippen LogP contribution in [0.5, 0.6) is 0 Å². The number of hydrogen-bond donors (Lipinski definition) is 1. The Morgan fingerprint density at radius 3 is 2.54 bits per heavy atom. The number of anilines is 1. The maximum absolute atomic E-state index is 12.3. The number of pyridine rings is 1. The first-order valence-corrected chi connectivity index (χ1v) is 9.01. The van der Waals surface area contributed by atoms with Gasteiger partial charge in [-0.1, -0.05) is 36.4 Å². The van der Waals surface area contributed by atoms with Gasteiger partial charge in [-0.2, -0.15) is 0 Å². The second-order valence-electron chi connectivity index (χ2n) is 5.65. The number of aromatic nitrogens is 2. The minimum Gasteiger partial charge on any atom is -0.322 e. The third kappa shape index (κ3) is 3.53. The summed E-state index contributed by atoms with van der Waals surface area (Å²) in [4.78, 5) is 21.3. The molecule has 26 heavy (non-hydrogen) atoms. The second-order valence-corrected chi connectivity index (χ2v) is 6.51. The quantitative estimate of drug-likeness (QED) is 0.551. The van der Waals surface area contributed by atoms with Crippen molar-refractivity contribution in [1.29, 1.82) is 0 Å². The molecule has 4 aromatic rings. The number of carbonyl (C=O) groups excluding carboxylic acids is 1. The zero-order valence-electron chi connectivity index (χ0n) is 13.8. The van der Waals surface area contributed by atoms with Gasteiger partial charge < -0.3 is 5.32 Å². The van der Waals surface area contributed by atoms with Gasteiger partial charge in [0.05, 0.1) is 11.4 Å². The van der Waals surface area contributed by atoms with Crippen LogP contribution in [0.25, 0.3) is 22.0 Å². The molecule has 0 radical (unpaired) electrons. The molecule has 0 atom stereocenters. The van der Waals surface area contributed by atoms with Crippen LogP contribution >= 0.6 is 11.3 Å². The van der Waals surface area contributed by atoms with E-state index in [1.165, 1.54) is 0 Å². The topological polar surface area (TPSA) is 54.9 Å². The van der Waals surface area contributed by atoms with Crippen molar-refractivity contribution >= 4 is 22.9 Å². The molecule has 126 valence electrons. The zero-order chi connectivity index (χ0) is 17.8. The summed E-state index contributed by atoms with van der Waals surface area (Å²) in [6, 6.07) is 22.6. The van der Waals surface area contributed by atoms with E-state index in [2.05, 4.69) is 15.3 Å². The van der Waals surface area contributed by atoms with Crippen LogP contribution in [0.1, 0.15) is 10.4 Å². The number of amides is 1. The molecule has 0 aliphatic carbocycles. The van der Waals surface area contributed by atoms with Crippen LogP contribution in [-0.4, -0.2) is 15.9 Å². The van der Waals surface area contributed by atoms with E-state index in [4.69, 9.17) is 0 Å². The molecule has 2 aromatic carbocycles. The predicted molar refractivity (Wildman–Crippen MR) is 105 cm³/mol. The molecule has 2 aromatic heterocycles. The minimum absolute atomic E-state index is 0.129. The summed E-state index contributed by atoms with van der Waals surface area (Å²) in [6.07, 6.45) is 1.76. The van der Waals surface area contributed by atoms with Gasteiger partial charge in [0.25, 0.3) is 5.91 Å². The molecule has 4 nitrogen and oxygen atoms in total. The third-order valence-electron chi connectivity index (χ3n) is 3.84. The summed E-state index contributed by atoms with van der Waals surface area (Å²) in [5.41, 5.74) is 4.05. The highest BCUT2D eigenvalue weighted by atomic mass is 32.1. The highest BCUT2D eigenvalue weighted by molar-refractivity contribution is 7.13. The van der Waals surface area contributed by atoms with Gasteiger partial charge in [0, 0.05) is 28.4 Å². The van der Waals surface area contributed by atoms with Crippen molar-refractivity contribution in [2.24, 2.45) is 0 Å². The molecule has 0 saturated carbocycles. The number of nitrogens with zero attached hydrogens (tertiary/aromatic N) is 2. The average molecular weight is 357 g/mol. The summed E-state index contributed by atoms with van der Waals surface area (Å²) in [5, 5.41) is 5.81. The van der Waals surface area contributed by atoms with Crippen molar-refractivity contribution in [3.8, 4) is 22.0 Å². The Morgan fingerprint density at radius 2 is 1.73 bits per heavy atom. The number of thiazole rings is 1. The number of rotatable bonds is 4. The van der Waals surface area contributed by atoms with Crippen LogP contribution in [0.2, 0.25) is 0 Å². The monoisotopic (exact) mass is 357 g/mol. The molecule has 0 unspecified atom stereocenters. The lowest BCUT2D eigenvalue weighted by molar-refractivity contribution is 0.102. The predicted octanol–water partition coefficient (Wildman–Crippen LogP) is 5.12. The number of nitrogens with one attached hydrogen (secondary N) is 1. The molecule has 2 heterocycles. The summed E-state index contributed by atoms with van der Waals surface area (Å²) in [7, 11) is 0. The van der Waals surface area contributed by atoms with Crippen LogP contribution in [0.4, 0.5) is 5.69 Å². The van der Waals surface area contributed by atoms with Crippen LogP contribution in [-0.2, 0) is 0 Å². The largest absolute Gasteiger partial charge is 0.322 e. The van der Waals surface area contributed by atoms with Gasteiger partial charge >= 0.3 is 0 Å². The van der Waals surface area contributed by atoms with Crippen LogP contribution in [0, 0.1) is 0 Å². The Labute approximate surface area is 155 Å². The standard InChI is InChI=1S/C21H15N3OS/c25-20(15-7-2-1-3-8-15)23-17-10-6-9-16(13-17)19-14-26-21(24-19)18-11-4-5-12-22-18/h1-14H,(H,23,25). The molecule has 1 N–H and O–H groups in total. The van der Waals surface area contributed by atoms with Crippen molar-refractivity contribution in [1.82, 2.24) is 9.97 Å². The Bertz CT molecular complexity index is 1030. The van der Waals surface area contributed by atoms with Crippen LogP contribution in [0.15, 0.2) is 84.4 Å². The van der Waals surface area contributed by atoms with E-state index in [9.17, 15) is 4.79 Å². The van der Waals surface area contributed by atoms with Gasteiger partial charge in [0.1, 0.15) is 5.01 Å². The second kappa shape index (κ2) is 7.29. The molecular formula is C21H15N3OS. The van der Waals surface area contributed by atoms with E-state index in [0.717, 1.165) is 27.6 Å². The van der Waals surface area contributed by atoms with Gasteiger partial charge in [-0.25, -0.2) is 4.98 Å². The van der Waals surface area contributed by atoms with Gasteiger partial charge in [0.15, 0.2) is 0 Å². The van der Waals surface area contributed by atoms with Crippen molar-refractivity contribution in [3.05, 3.63) is 89.9 Å². The smallest absolute Gasteiger partial charge is 0.255 e. The maximum atomic E-state index is 12.3. The fourth-order valence-corrected chi connectivity index (χ4v) is 3.37. The highest BCUT2D eigenvalue weighted by Crippen LogP contribution is 2.29. The first-order chi connectivity index (χ1) is 12.8. The highest BCUT2D eigenvalue weighted by Gasteiger charge is 2.09. The Kier molecular flexibility index (Phi) is 4.53. The van der Waals surface area contributed by atoms with Gasteiger partial charge in [-0.15, -0.1) is 11.3 Å². The number of benzene rings is 2. The fraction of sp³-hybridized carbons (Fsp3) is 0. The minimum atomic E-state index is -0.129. The van der Waals surface area contributed by atoms with E-state index in [1.54, 1.807) is 29.7 Å². The Morgan fingerprint density at radius 1 is 0.885 bits per heavy atom. The van der Waals surface area contributed by atoms with Gasteiger partial charge in [-0.05, 0) is 36.4 Å². The Balaban J connectivity index is 1.57. The van der Waals surface area contributed by atoms with E-state index in [1.807, 2.05) is 66.0 Å². The average Bonchev–Trinajstić information content (AvgIpc) is 3.20. The molecule has 5 heteroatoms. The van der Waals surface area contributed by atoms with E-state index >= 15 is 0 Å². The zero-order valence-corrected chi connectivity index (χ0v) is 14.6. The molecule has 0 spiro atoms.